The van der Waals surface area contributed by atoms with Crippen LogP contribution in [0.2, 0.25) is 0 Å². The number of nitrogens with one attached hydrogen (secondary N) is 1. The van der Waals surface area contributed by atoms with E-state index in [0.29, 0.717) is 12.1 Å². The molecule has 1 saturated carbocycles. The smallest absolute Gasteiger partial charge is 0.0478 e. The molecule has 1 N–H and O–H groups in total. The van der Waals surface area contributed by atoms with Crippen LogP contribution in [0, 0.1) is 0 Å². The van der Waals surface area contributed by atoms with Crippen molar-refractivity contribution < 1.29 is 0 Å². The zero-order valence-electron chi connectivity index (χ0n) is 14.0. The summed E-state index contributed by atoms with van der Waals surface area (Å²) in [5, 5.41) is 3.75. The van der Waals surface area contributed by atoms with Crippen LogP contribution in [0.5, 0.6) is 0 Å². The fraction of sp³-hybridized carbons (Fsp3) is 0.684. The fourth-order valence-electron chi connectivity index (χ4n) is 3.38. The van der Waals surface area contributed by atoms with E-state index in [1.807, 2.05) is 0 Å². The van der Waals surface area contributed by atoms with Crippen molar-refractivity contribution in [2.75, 3.05) is 13.1 Å². The van der Waals surface area contributed by atoms with Gasteiger partial charge in [-0.2, -0.15) is 0 Å². The molecular formula is C19H32N2. The largest absolute Gasteiger partial charge is 0.309 e. The van der Waals surface area contributed by atoms with E-state index >= 15 is 0 Å². The maximum absolute atomic E-state index is 3.75. The lowest BCUT2D eigenvalue weighted by atomic mass is 9.95. The minimum atomic E-state index is 0.457. The number of benzene rings is 1. The van der Waals surface area contributed by atoms with Crippen LogP contribution < -0.4 is 5.32 Å². The summed E-state index contributed by atoms with van der Waals surface area (Å²) in [6.07, 6.45) is 6.62. The first-order valence-electron chi connectivity index (χ1n) is 8.85. The molecule has 0 aromatic heterocycles. The molecule has 1 aliphatic rings. The second-order valence-corrected chi connectivity index (χ2v) is 6.24. The predicted octanol–water partition coefficient (Wildman–Crippen LogP) is 4.38. The Bertz CT molecular complexity index is 386. The Kier molecular flexibility index (Phi) is 6.72. The zero-order chi connectivity index (χ0) is 15.1. The molecule has 1 fully saturated rings. The summed E-state index contributed by atoms with van der Waals surface area (Å²) in [5.41, 5.74) is 1.44. The summed E-state index contributed by atoms with van der Waals surface area (Å²) < 4.78 is 0. The van der Waals surface area contributed by atoms with Gasteiger partial charge in [0.2, 0.25) is 0 Å². The monoisotopic (exact) mass is 288 g/mol. The van der Waals surface area contributed by atoms with Crippen LogP contribution in [0.4, 0.5) is 0 Å². The number of hydrogen-bond donors (Lipinski definition) is 1. The van der Waals surface area contributed by atoms with Gasteiger partial charge in [-0.1, -0.05) is 57.5 Å². The molecule has 0 bridgehead atoms. The van der Waals surface area contributed by atoms with Crippen molar-refractivity contribution in [1.29, 1.82) is 0 Å². The summed E-state index contributed by atoms with van der Waals surface area (Å²) in [4.78, 5) is 2.80. The van der Waals surface area contributed by atoms with E-state index in [4.69, 9.17) is 0 Å². The van der Waals surface area contributed by atoms with E-state index in [2.05, 4.69) is 61.3 Å². The third-order valence-electron chi connectivity index (χ3n) is 4.60. The zero-order valence-corrected chi connectivity index (χ0v) is 14.0. The van der Waals surface area contributed by atoms with Gasteiger partial charge in [-0.25, -0.2) is 0 Å². The van der Waals surface area contributed by atoms with E-state index in [-0.39, 0.29) is 0 Å². The number of likely N-dealkylation sites (N-methyl/N-ethyl adjacent to an activating group) is 1. The van der Waals surface area contributed by atoms with Gasteiger partial charge in [0, 0.05) is 18.1 Å². The molecule has 0 aliphatic heterocycles. The highest BCUT2D eigenvalue weighted by atomic mass is 15.2. The fourth-order valence-corrected chi connectivity index (χ4v) is 3.38. The number of rotatable bonds is 10. The van der Waals surface area contributed by atoms with Gasteiger partial charge in [0.05, 0.1) is 0 Å². The van der Waals surface area contributed by atoms with E-state index in [1.54, 1.807) is 0 Å². The molecule has 2 atom stereocenters. The van der Waals surface area contributed by atoms with Crippen LogP contribution in [-0.4, -0.2) is 30.1 Å². The van der Waals surface area contributed by atoms with Crippen LogP contribution in [0.25, 0.3) is 0 Å². The summed E-state index contributed by atoms with van der Waals surface area (Å²) in [6, 6.07) is 12.9. The lowest BCUT2D eigenvalue weighted by molar-refractivity contribution is 0.140. The van der Waals surface area contributed by atoms with Crippen molar-refractivity contribution in [1.82, 2.24) is 10.2 Å². The topological polar surface area (TPSA) is 15.3 Å². The van der Waals surface area contributed by atoms with Gasteiger partial charge in [0.1, 0.15) is 0 Å². The number of hydrogen-bond acceptors (Lipinski definition) is 2. The maximum atomic E-state index is 3.75. The Morgan fingerprint density at radius 2 is 1.86 bits per heavy atom. The van der Waals surface area contributed by atoms with Gasteiger partial charge < -0.3 is 5.32 Å². The Labute approximate surface area is 130 Å². The highest BCUT2D eigenvalue weighted by Gasteiger charge is 2.36. The van der Waals surface area contributed by atoms with Gasteiger partial charge in [-0.05, 0) is 44.3 Å². The SMILES string of the molecule is CCCCN(C1CC1)C(CC)C(NCC)c1ccccc1. The maximum Gasteiger partial charge on any atom is 0.0478 e. The van der Waals surface area contributed by atoms with Gasteiger partial charge in [-0.15, -0.1) is 0 Å². The molecule has 1 aromatic carbocycles. The first-order valence-corrected chi connectivity index (χ1v) is 8.85. The summed E-state index contributed by atoms with van der Waals surface area (Å²) in [5.74, 6) is 0. The van der Waals surface area contributed by atoms with Crippen molar-refractivity contribution in [3.8, 4) is 0 Å². The molecule has 2 heteroatoms. The highest BCUT2D eigenvalue weighted by molar-refractivity contribution is 5.21. The Morgan fingerprint density at radius 3 is 2.38 bits per heavy atom. The Hall–Kier alpha value is -0.860. The van der Waals surface area contributed by atoms with Crippen molar-refractivity contribution in [3.63, 3.8) is 0 Å². The molecule has 118 valence electrons. The molecule has 1 aromatic rings. The molecule has 0 saturated heterocycles. The summed E-state index contributed by atoms with van der Waals surface area (Å²) in [6.45, 7) is 9.15. The third kappa shape index (κ3) is 4.55. The predicted molar refractivity (Wildman–Crippen MR) is 91.6 cm³/mol. The van der Waals surface area contributed by atoms with Crippen LogP contribution in [-0.2, 0) is 0 Å². The molecule has 0 spiro atoms. The second-order valence-electron chi connectivity index (χ2n) is 6.24. The second kappa shape index (κ2) is 8.55. The molecule has 21 heavy (non-hydrogen) atoms. The molecule has 0 radical (unpaired) electrons. The Morgan fingerprint density at radius 1 is 1.14 bits per heavy atom. The van der Waals surface area contributed by atoms with Gasteiger partial charge in [-0.3, -0.25) is 4.90 Å². The first kappa shape index (κ1) is 16.5. The van der Waals surface area contributed by atoms with E-state index in [1.165, 1.54) is 44.2 Å². The molecule has 0 heterocycles. The minimum absolute atomic E-state index is 0.457. The summed E-state index contributed by atoms with van der Waals surface area (Å²) >= 11 is 0. The molecule has 0 amide bonds. The average Bonchev–Trinajstić information content (AvgIpc) is 3.35. The molecule has 2 rings (SSSR count). The van der Waals surface area contributed by atoms with Crippen LogP contribution in [0.1, 0.15) is 64.5 Å². The van der Waals surface area contributed by atoms with Crippen molar-refractivity contribution in [2.45, 2.75) is 71.0 Å². The molecular weight excluding hydrogens is 256 g/mol. The van der Waals surface area contributed by atoms with Crippen molar-refractivity contribution in [3.05, 3.63) is 35.9 Å². The standard InChI is InChI=1S/C19H32N2/c1-4-7-15-21(17-13-14-17)18(5-2)19(20-6-3)16-11-9-8-10-12-16/h8-12,17-20H,4-7,13-15H2,1-3H3. The lowest BCUT2D eigenvalue weighted by Crippen LogP contribution is -2.46. The van der Waals surface area contributed by atoms with Crippen LogP contribution >= 0.6 is 0 Å². The normalized spacial score (nSPS) is 17.9. The van der Waals surface area contributed by atoms with Crippen molar-refractivity contribution in [2.24, 2.45) is 0 Å². The number of nitrogens with zero attached hydrogens (tertiary/aromatic N) is 1. The van der Waals surface area contributed by atoms with Gasteiger partial charge in [0.15, 0.2) is 0 Å². The van der Waals surface area contributed by atoms with Crippen molar-refractivity contribution >= 4 is 0 Å². The van der Waals surface area contributed by atoms with E-state index in [9.17, 15) is 0 Å². The Balaban J connectivity index is 2.17. The summed E-state index contributed by atoms with van der Waals surface area (Å²) in [7, 11) is 0. The van der Waals surface area contributed by atoms with Gasteiger partial charge >= 0.3 is 0 Å². The third-order valence-corrected chi connectivity index (χ3v) is 4.60. The molecule has 2 unspecified atom stereocenters. The van der Waals surface area contributed by atoms with E-state index < -0.39 is 0 Å². The molecule has 2 nitrogen and oxygen atoms in total. The highest BCUT2D eigenvalue weighted by Crippen LogP contribution is 2.34. The quantitative estimate of drug-likeness (QED) is 0.687. The minimum Gasteiger partial charge on any atom is -0.309 e. The first-order chi connectivity index (χ1) is 10.3. The van der Waals surface area contributed by atoms with Gasteiger partial charge in [0.25, 0.3) is 0 Å². The van der Waals surface area contributed by atoms with Crippen LogP contribution in [0.15, 0.2) is 30.3 Å². The lowest BCUT2D eigenvalue weighted by Gasteiger charge is -2.37. The number of unbranched alkanes of at least 4 members (excludes halogenated alkanes) is 1. The average molecular weight is 288 g/mol. The van der Waals surface area contributed by atoms with E-state index in [0.717, 1.165) is 12.6 Å². The van der Waals surface area contributed by atoms with Crippen LogP contribution in [0.3, 0.4) is 0 Å². The molecule has 1 aliphatic carbocycles.